The summed E-state index contributed by atoms with van der Waals surface area (Å²) in [7, 11) is 0. The minimum Gasteiger partial charge on any atom is -0.454 e. The number of benzene rings is 1. The van der Waals surface area contributed by atoms with Gasteiger partial charge in [0.05, 0.1) is 17.7 Å². The van der Waals surface area contributed by atoms with Gasteiger partial charge in [0.15, 0.2) is 17.5 Å². The molecule has 0 atom stereocenters. The van der Waals surface area contributed by atoms with E-state index in [0.29, 0.717) is 13.3 Å². The molecule has 1 aliphatic heterocycles. The van der Waals surface area contributed by atoms with Crippen LogP contribution in [-0.4, -0.2) is 30.8 Å². The maximum atomic E-state index is 5.41. The number of aliphatic imine (C=N–C) groups is 1. The molecule has 1 aromatic carbocycles. The highest BCUT2D eigenvalue weighted by molar-refractivity contribution is 7.09. The predicted octanol–water partition coefficient (Wildman–Crippen LogP) is 2.48. The molecule has 7 heteroatoms. The lowest BCUT2D eigenvalue weighted by molar-refractivity contribution is 0.174. The molecule has 0 amide bonds. The van der Waals surface area contributed by atoms with Crippen molar-refractivity contribution in [2.24, 2.45) is 4.99 Å². The number of fused-ring (bicyclic) bond motifs is 1. The molecule has 0 spiro atoms. The van der Waals surface area contributed by atoms with Crippen molar-refractivity contribution >= 4 is 17.3 Å². The molecule has 6 nitrogen and oxygen atoms in total. The first kappa shape index (κ1) is 16.6. The highest BCUT2D eigenvalue weighted by atomic mass is 32.1. The smallest absolute Gasteiger partial charge is 0.231 e. The summed E-state index contributed by atoms with van der Waals surface area (Å²) in [5.74, 6) is 2.47. The third kappa shape index (κ3) is 4.17. The number of ether oxygens (including phenoxy) is 2. The van der Waals surface area contributed by atoms with Crippen LogP contribution in [0.4, 0.5) is 0 Å². The molecular formula is C17H22N4O2S. The standard InChI is InChI=1S/C17H22N4O2S/c1-3-18-17(20-9-16-12(2)21-10-24-16)19-7-6-13-4-5-14-15(8-13)23-11-22-14/h4-5,8,10H,3,6-7,9,11H2,1-2H3,(H2,18,19,20). The highest BCUT2D eigenvalue weighted by Gasteiger charge is 2.12. The van der Waals surface area contributed by atoms with Crippen LogP contribution in [0, 0.1) is 6.92 Å². The van der Waals surface area contributed by atoms with Crippen molar-refractivity contribution in [2.45, 2.75) is 26.8 Å². The fourth-order valence-corrected chi connectivity index (χ4v) is 3.09. The van der Waals surface area contributed by atoms with E-state index >= 15 is 0 Å². The predicted molar refractivity (Wildman–Crippen MR) is 95.9 cm³/mol. The summed E-state index contributed by atoms with van der Waals surface area (Å²) in [4.78, 5) is 10.1. The fraction of sp³-hybridized carbons (Fsp3) is 0.412. The minimum atomic E-state index is 0.311. The topological polar surface area (TPSA) is 67.8 Å². The Balaban J connectivity index is 1.53. The lowest BCUT2D eigenvalue weighted by Gasteiger charge is -2.11. The average Bonchev–Trinajstić information content (AvgIpc) is 3.21. The molecule has 24 heavy (non-hydrogen) atoms. The van der Waals surface area contributed by atoms with Crippen molar-refractivity contribution in [3.05, 3.63) is 39.8 Å². The van der Waals surface area contributed by atoms with Crippen LogP contribution < -0.4 is 20.1 Å². The summed E-state index contributed by atoms with van der Waals surface area (Å²) in [6.45, 7) is 6.67. The van der Waals surface area contributed by atoms with Gasteiger partial charge in [-0.15, -0.1) is 11.3 Å². The lowest BCUT2D eigenvalue weighted by Crippen LogP contribution is -2.38. The largest absolute Gasteiger partial charge is 0.454 e. The van der Waals surface area contributed by atoms with Crippen LogP contribution in [0.5, 0.6) is 11.5 Å². The highest BCUT2D eigenvalue weighted by Crippen LogP contribution is 2.32. The zero-order valence-electron chi connectivity index (χ0n) is 14.0. The minimum absolute atomic E-state index is 0.311. The summed E-state index contributed by atoms with van der Waals surface area (Å²) < 4.78 is 10.7. The molecule has 2 heterocycles. The van der Waals surface area contributed by atoms with Gasteiger partial charge in [0.2, 0.25) is 6.79 Å². The molecule has 0 fully saturated rings. The fourth-order valence-electron chi connectivity index (χ4n) is 2.39. The molecule has 128 valence electrons. The first-order chi connectivity index (χ1) is 11.8. The second kappa shape index (κ2) is 8.01. The number of nitrogens with zero attached hydrogens (tertiary/aromatic N) is 2. The van der Waals surface area contributed by atoms with E-state index in [0.717, 1.165) is 42.7 Å². The van der Waals surface area contributed by atoms with Crippen molar-refractivity contribution in [3.63, 3.8) is 0 Å². The Morgan fingerprint density at radius 1 is 1.29 bits per heavy atom. The van der Waals surface area contributed by atoms with Crippen LogP contribution in [-0.2, 0) is 13.0 Å². The second-order valence-electron chi connectivity index (χ2n) is 5.42. The van der Waals surface area contributed by atoms with Crippen LogP contribution in [0.2, 0.25) is 0 Å². The number of thiazole rings is 1. The number of aromatic nitrogens is 1. The number of hydrogen-bond donors (Lipinski definition) is 2. The SMILES string of the molecule is CCNC(=NCc1scnc1C)NCCc1ccc2c(c1)OCO2. The van der Waals surface area contributed by atoms with E-state index in [2.05, 4.69) is 33.6 Å². The molecule has 1 aromatic heterocycles. The van der Waals surface area contributed by atoms with Crippen molar-refractivity contribution in [1.29, 1.82) is 0 Å². The van der Waals surface area contributed by atoms with Gasteiger partial charge in [-0.1, -0.05) is 6.07 Å². The number of guanidine groups is 1. The van der Waals surface area contributed by atoms with Crippen LogP contribution in [0.3, 0.4) is 0 Å². The number of rotatable bonds is 6. The quantitative estimate of drug-likeness (QED) is 0.621. The van der Waals surface area contributed by atoms with Gasteiger partial charge >= 0.3 is 0 Å². The average molecular weight is 346 g/mol. The third-order valence-electron chi connectivity index (χ3n) is 3.71. The third-order valence-corrected chi connectivity index (χ3v) is 4.63. The van der Waals surface area contributed by atoms with E-state index in [9.17, 15) is 0 Å². The van der Waals surface area contributed by atoms with Crippen molar-refractivity contribution in [1.82, 2.24) is 15.6 Å². The first-order valence-electron chi connectivity index (χ1n) is 8.06. The molecule has 2 aromatic rings. The molecular weight excluding hydrogens is 324 g/mol. The second-order valence-corrected chi connectivity index (χ2v) is 6.36. The maximum absolute atomic E-state index is 5.41. The van der Waals surface area contributed by atoms with Crippen LogP contribution in [0.15, 0.2) is 28.7 Å². The van der Waals surface area contributed by atoms with Gasteiger partial charge in [0, 0.05) is 18.0 Å². The first-order valence-corrected chi connectivity index (χ1v) is 8.94. The molecule has 0 saturated carbocycles. The molecule has 0 saturated heterocycles. The Morgan fingerprint density at radius 2 is 2.17 bits per heavy atom. The summed E-state index contributed by atoms with van der Waals surface area (Å²) in [6.07, 6.45) is 0.890. The van der Waals surface area contributed by atoms with Crippen LogP contribution >= 0.6 is 11.3 Å². The molecule has 3 rings (SSSR count). The molecule has 0 aliphatic carbocycles. The molecule has 2 N–H and O–H groups in total. The zero-order chi connectivity index (χ0) is 16.8. The summed E-state index contributed by atoms with van der Waals surface area (Å²) >= 11 is 1.64. The van der Waals surface area contributed by atoms with Gasteiger partial charge < -0.3 is 20.1 Å². The van der Waals surface area contributed by atoms with Gasteiger partial charge in [0.25, 0.3) is 0 Å². The maximum Gasteiger partial charge on any atom is 0.231 e. The van der Waals surface area contributed by atoms with E-state index in [4.69, 9.17) is 9.47 Å². The van der Waals surface area contributed by atoms with Gasteiger partial charge in [-0.05, 0) is 38.0 Å². The summed E-state index contributed by atoms with van der Waals surface area (Å²) in [5.41, 5.74) is 4.13. The summed E-state index contributed by atoms with van der Waals surface area (Å²) in [5, 5.41) is 6.64. The Bertz CT molecular complexity index is 714. The van der Waals surface area contributed by atoms with Gasteiger partial charge in [0.1, 0.15) is 0 Å². The Labute approximate surface area is 145 Å². The lowest BCUT2D eigenvalue weighted by atomic mass is 10.1. The monoisotopic (exact) mass is 346 g/mol. The summed E-state index contributed by atoms with van der Waals surface area (Å²) in [6, 6.07) is 6.07. The number of hydrogen-bond acceptors (Lipinski definition) is 5. The Kier molecular flexibility index (Phi) is 5.53. The molecule has 0 unspecified atom stereocenters. The zero-order valence-corrected chi connectivity index (χ0v) is 14.8. The van der Waals surface area contributed by atoms with Crippen molar-refractivity contribution < 1.29 is 9.47 Å². The van der Waals surface area contributed by atoms with Crippen LogP contribution in [0.25, 0.3) is 0 Å². The van der Waals surface area contributed by atoms with Crippen molar-refractivity contribution in [2.75, 3.05) is 19.9 Å². The van der Waals surface area contributed by atoms with E-state index < -0.39 is 0 Å². The van der Waals surface area contributed by atoms with E-state index in [1.54, 1.807) is 11.3 Å². The van der Waals surface area contributed by atoms with Gasteiger partial charge in [-0.2, -0.15) is 0 Å². The van der Waals surface area contributed by atoms with E-state index in [1.807, 2.05) is 24.6 Å². The number of nitrogens with one attached hydrogen (secondary N) is 2. The normalized spacial score (nSPS) is 13.2. The Morgan fingerprint density at radius 3 is 2.96 bits per heavy atom. The van der Waals surface area contributed by atoms with Gasteiger partial charge in [-0.25, -0.2) is 9.98 Å². The van der Waals surface area contributed by atoms with E-state index in [-0.39, 0.29) is 0 Å². The van der Waals surface area contributed by atoms with Crippen molar-refractivity contribution in [3.8, 4) is 11.5 Å². The van der Waals surface area contributed by atoms with E-state index in [1.165, 1.54) is 10.4 Å². The molecule has 0 bridgehead atoms. The molecule has 1 aliphatic rings. The Hall–Kier alpha value is -2.28. The van der Waals surface area contributed by atoms with Gasteiger partial charge in [-0.3, -0.25) is 0 Å². The number of aryl methyl sites for hydroxylation is 1. The van der Waals surface area contributed by atoms with Crippen LogP contribution in [0.1, 0.15) is 23.1 Å². The molecule has 0 radical (unpaired) electrons.